The second-order valence-electron chi connectivity index (χ2n) is 5.49. The first kappa shape index (κ1) is 16.3. The number of benzene rings is 1. The number of nitrogens with zero attached hydrogens (tertiary/aromatic N) is 2. The van der Waals surface area contributed by atoms with Crippen LogP contribution in [0.4, 0.5) is 0 Å². The van der Waals surface area contributed by atoms with Gasteiger partial charge in [0.2, 0.25) is 5.88 Å². The molecule has 1 aliphatic heterocycles. The van der Waals surface area contributed by atoms with Crippen molar-refractivity contribution >= 4 is 21.6 Å². The molecule has 0 radical (unpaired) electrons. The highest BCUT2D eigenvalue weighted by molar-refractivity contribution is 8.00. The Kier molecular flexibility index (Phi) is 4.87. The summed E-state index contributed by atoms with van der Waals surface area (Å²) in [4.78, 5) is 8.91. The Bertz CT molecular complexity index is 770. The molecule has 0 N–H and O–H groups in total. The molecular weight excluding hydrogens is 332 g/mol. The topological polar surface area (TPSA) is 69.2 Å². The third kappa shape index (κ3) is 4.23. The lowest BCUT2D eigenvalue weighted by Gasteiger charge is -2.10. The Morgan fingerprint density at radius 2 is 2.04 bits per heavy atom. The molecule has 2 aromatic rings. The van der Waals surface area contributed by atoms with Crippen LogP contribution in [-0.4, -0.2) is 42.3 Å². The van der Waals surface area contributed by atoms with E-state index in [1.807, 2.05) is 11.8 Å². The highest BCUT2D eigenvalue weighted by Crippen LogP contribution is 2.27. The summed E-state index contributed by atoms with van der Waals surface area (Å²) in [5.41, 5.74) is 1.48. The van der Waals surface area contributed by atoms with Crippen molar-refractivity contribution in [1.82, 2.24) is 9.97 Å². The van der Waals surface area contributed by atoms with E-state index in [-0.39, 0.29) is 0 Å². The van der Waals surface area contributed by atoms with E-state index in [0.717, 1.165) is 5.56 Å². The summed E-state index contributed by atoms with van der Waals surface area (Å²) in [6, 6.07) is 6.62. The molecule has 2 heterocycles. The van der Waals surface area contributed by atoms with E-state index >= 15 is 0 Å². The molecule has 0 spiro atoms. The number of hydrogen-bond acceptors (Lipinski definition) is 6. The average Bonchev–Trinajstić information content (AvgIpc) is 3.06. The van der Waals surface area contributed by atoms with Crippen LogP contribution in [0.15, 0.2) is 41.6 Å². The number of thioether (sulfide) groups is 1. The summed E-state index contributed by atoms with van der Waals surface area (Å²) in [7, 11) is -3.19. The third-order valence-corrected chi connectivity index (χ3v) is 6.13. The molecule has 1 aliphatic rings. The SMILES string of the molecule is CS(=O)(=O)c1ccc(-c2cncc(OC[C@H]3CCCS3)n2)cc1. The van der Waals surface area contributed by atoms with Crippen molar-refractivity contribution in [2.24, 2.45) is 0 Å². The number of aromatic nitrogens is 2. The zero-order valence-electron chi connectivity index (χ0n) is 12.8. The maximum absolute atomic E-state index is 11.5. The first-order valence-electron chi connectivity index (χ1n) is 7.39. The van der Waals surface area contributed by atoms with Gasteiger partial charge in [0.05, 0.1) is 23.0 Å². The van der Waals surface area contributed by atoms with Crippen LogP contribution in [-0.2, 0) is 9.84 Å². The van der Waals surface area contributed by atoms with E-state index in [1.54, 1.807) is 36.7 Å². The Morgan fingerprint density at radius 1 is 1.26 bits per heavy atom. The number of hydrogen-bond donors (Lipinski definition) is 0. The maximum Gasteiger partial charge on any atom is 0.232 e. The predicted molar refractivity (Wildman–Crippen MR) is 91.6 cm³/mol. The van der Waals surface area contributed by atoms with Crippen molar-refractivity contribution < 1.29 is 13.2 Å². The van der Waals surface area contributed by atoms with Crippen LogP contribution < -0.4 is 4.74 Å². The summed E-state index contributed by atoms with van der Waals surface area (Å²) in [6.07, 6.45) is 6.87. The van der Waals surface area contributed by atoms with Crippen LogP contribution in [0, 0.1) is 0 Å². The van der Waals surface area contributed by atoms with Crippen LogP contribution in [0.5, 0.6) is 5.88 Å². The van der Waals surface area contributed by atoms with Crippen molar-refractivity contribution in [3.8, 4) is 17.1 Å². The molecule has 1 aromatic carbocycles. The summed E-state index contributed by atoms with van der Waals surface area (Å²) < 4.78 is 28.7. The molecular formula is C16H18N2O3S2. The van der Waals surface area contributed by atoms with Gasteiger partial charge in [-0.3, -0.25) is 4.98 Å². The summed E-state index contributed by atoms with van der Waals surface area (Å²) in [5, 5.41) is 0.537. The van der Waals surface area contributed by atoms with E-state index in [2.05, 4.69) is 9.97 Å². The standard InChI is InChI=1S/C16H18N2O3S2/c1-23(19,20)14-6-4-12(5-7-14)15-9-17-10-16(18-15)21-11-13-3-2-8-22-13/h4-7,9-10,13H,2-3,8,11H2,1H3/t13-/m1/s1. The van der Waals surface area contributed by atoms with Gasteiger partial charge in [0, 0.05) is 17.1 Å². The Morgan fingerprint density at radius 3 is 2.70 bits per heavy atom. The quantitative estimate of drug-likeness (QED) is 0.826. The molecule has 1 saturated heterocycles. The molecule has 7 heteroatoms. The smallest absolute Gasteiger partial charge is 0.232 e. The normalized spacial score (nSPS) is 18.0. The Balaban J connectivity index is 1.73. The number of sulfone groups is 1. The van der Waals surface area contributed by atoms with Crippen LogP contribution >= 0.6 is 11.8 Å². The largest absolute Gasteiger partial charge is 0.475 e. The van der Waals surface area contributed by atoms with E-state index in [1.165, 1.54) is 24.9 Å². The van der Waals surface area contributed by atoms with Crippen molar-refractivity contribution in [2.45, 2.75) is 23.0 Å². The molecule has 0 saturated carbocycles. The van der Waals surface area contributed by atoms with E-state index in [4.69, 9.17) is 4.74 Å². The number of ether oxygens (including phenoxy) is 1. The Labute approximate surface area is 140 Å². The van der Waals surface area contributed by atoms with Gasteiger partial charge < -0.3 is 4.74 Å². The highest BCUT2D eigenvalue weighted by Gasteiger charge is 2.16. The van der Waals surface area contributed by atoms with Crippen molar-refractivity contribution in [2.75, 3.05) is 18.6 Å². The van der Waals surface area contributed by atoms with Gasteiger partial charge >= 0.3 is 0 Å². The van der Waals surface area contributed by atoms with Crippen LogP contribution in [0.3, 0.4) is 0 Å². The van der Waals surface area contributed by atoms with Gasteiger partial charge in [-0.25, -0.2) is 13.4 Å². The van der Waals surface area contributed by atoms with Crippen molar-refractivity contribution in [3.05, 3.63) is 36.7 Å². The van der Waals surface area contributed by atoms with Crippen LogP contribution in [0.25, 0.3) is 11.3 Å². The zero-order chi connectivity index (χ0) is 16.3. The first-order chi connectivity index (χ1) is 11.0. The van der Waals surface area contributed by atoms with E-state index in [0.29, 0.717) is 28.3 Å². The van der Waals surface area contributed by atoms with Gasteiger partial charge in [-0.2, -0.15) is 11.8 Å². The molecule has 0 amide bonds. The van der Waals surface area contributed by atoms with Gasteiger partial charge in [0.15, 0.2) is 9.84 Å². The molecule has 1 fully saturated rings. The lowest BCUT2D eigenvalue weighted by atomic mass is 10.2. The fourth-order valence-corrected chi connectivity index (χ4v) is 4.18. The minimum atomic E-state index is -3.19. The minimum absolute atomic E-state index is 0.292. The maximum atomic E-state index is 11.5. The fraction of sp³-hybridized carbons (Fsp3) is 0.375. The average molecular weight is 350 g/mol. The lowest BCUT2D eigenvalue weighted by molar-refractivity contribution is 0.302. The lowest BCUT2D eigenvalue weighted by Crippen LogP contribution is -2.11. The summed E-state index contributed by atoms with van der Waals surface area (Å²) in [5.74, 6) is 1.70. The summed E-state index contributed by atoms with van der Waals surface area (Å²) in [6.45, 7) is 0.649. The molecule has 0 bridgehead atoms. The highest BCUT2D eigenvalue weighted by atomic mass is 32.2. The van der Waals surface area contributed by atoms with Gasteiger partial charge in [-0.1, -0.05) is 12.1 Å². The van der Waals surface area contributed by atoms with Crippen LogP contribution in [0.1, 0.15) is 12.8 Å². The summed E-state index contributed by atoms with van der Waals surface area (Å²) >= 11 is 1.94. The van der Waals surface area contributed by atoms with E-state index in [9.17, 15) is 8.42 Å². The molecule has 0 unspecified atom stereocenters. The van der Waals surface area contributed by atoms with Crippen molar-refractivity contribution in [3.63, 3.8) is 0 Å². The fourth-order valence-electron chi connectivity index (χ4n) is 2.38. The van der Waals surface area contributed by atoms with Gasteiger partial charge in [0.25, 0.3) is 0 Å². The molecule has 3 rings (SSSR count). The monoisotopic (exact) mass is 350 g/mol. The van der Waals surface area contributed by atoms with Gasteiger partial charge in [-0.05, 0) is 30.7 Å². The predicted octanol–water partition coefficient (Wildman–Crippen LogP) is 2.82. The second kappa shape index (κ2) is 6.88. The first-order valence-corrected chi connectivity index (χ1v) is 10.3. The zero-order valence-corrected chi connectivity index (χ0v) is 14.4. The second-order valence-corrected chi connectivity index (χ2v) is 8.91. The molecule has 23 heavy (non-hydrogen) atoms. The van der Waals surface area contributed by atoms with Gasteiger partial charge in [0.1, 0.15) is 6.61 Å². The molecule has 1 atom stereocenters. The Hall–Kier alpha value is -1.60. The molecule has 5 nitrogen and oxygen atoms in total. The molecule has 122 valence electrons. The van der Waals surface area contributed by atoms with Gasteiger partial charge in [-0.15, -0.1) is 0 Å². The molecule has 1 aromatic heterocycles. The van der Waals surface area contributed by atoms with Crippen LogP contribution in [0.2, 0.25) is 0 Å². The minimum Gasteiger partial charge on any atom is -0.475 e. The number of rotatable bonds is 5. The third-order valence-electron chi connectivity index (χ3n) is 3.63. The molecule has 0 aliphatic carbocycles. The van der Waals surface area contributed by atoms with Crippen molar-refractivity contribution in [1.29, 1.82) is 0 Å². The van der Waals surface area contributed by atoms with E-state index < -0.39 is 9.84 Å².